The maximum Gasteiger partial charge on any atom is 0.227 e. The lowest BCUT2D eigenvalue weighted by Gasteiger charge is -2.21. The van der Waals surface area contributed by atoms with E-state index in [1.54, 1.807) is 11.9 Å². The van der Waals surface area contributed by atoms with Crippen molar-refractivity contribution in [3.8, 4) is 0 Å². The average molecular weight is 289 g/mol. The number of rotatable bonds is 5. The summed E-state index contributed by atoms with van der Waals surface area (Å²) in [5.74, 6) is 0.732. The van der Waals surface area contributed by atoms with Gasteiger partial charge in [0.1, 0.15) is 5.76 Å². The zero-order valence-corrected chi connectivity index (χ0v) is 11.2. The monoisotopic (exact) mass is 288 g/mol. The molecule has 0 aromatic carbocycles. The highest BCUT2D eigenvalue weighted by Crippen LogP contribution is 2.16. The third-order valence-corrected chi connectivity index (χ3v) is 2.95. The minimum absolute atomic E-state index is 0.0672. The molecule has 2 N–H and O–H groups in total. The van der Waals surface area contributed by atoms with Gasteiger partial charge in [0.05, 0.1) is 12.5 Å². The molecule has 0 aliphatic carbocycles. The fourth-order valence-electron chi connectivity index (χ4n) is 1.50. The van der Waals surface area contributed by atoms with Crippen molar-refractivity contribution in [2.75, 3.05) is 13.6 Å². The van der Waals surface area contributed by atoms with Gasteiger partial charge in [-0.2, -0.15) is 0 Å². The Bertz CT molecular complexity index is 348. The molecule has 0 aliphatic heterocycles. The Kier molecular flexibility index (Phi) is 5.02. The van der Waals surface area contributed by atoms with E-state index >= 15 is 0 Å². The molecule has 4 nitrogen and oxygen atoms in total. The Labute approximate surface area is 104 Å². The molecule has 1 aromatic rings. The summed E-state index contributed by atoms with van der Waals surface area (Å²) in [6.45, 7) is 2.83. The summed E-state index contributed by atoms with van der Waals surface area (Å²) in [6, 6.07) is 3.66. The lowest BCUT2D eigenvalue weighted by Crippen LogP contribution is -2.35. The van der Waals surface area contributed by atoms with Crippen LogP contribution in [0.25, 0.3) is 0 Å². The summed E-state index contributed by atoms with van der Waals surface area (Å²) in [6.07, 6.45) is 0.765. The molecule has 1 rings (SSSR count). The molecular formula is C11H17BrN2O2. The Morgan fingerprint density at radius 1 is 1.62 bits per heavy atom. The normalized spacial score (nSPS) is 12.5. The fraction of sp³-hybridized carbons (Fsp3) is 0.545. The van der Waals surface area contributed by atoms with E-state index in [0.717, 1.165) is 12.2 Å². The summed E-state index contributed by atoms with van der Waals surface area (Å²) in [5, 5.41) is 0. The second-order valence-electron chi connectivity index (χ2n) is 3.74. The van der Waals surface area contributed by atoms with Gasteiger partial charge in [-0.1, -0.05) is 6.92 Å². The van der Waals surface area contributed by atoms with Crippen LogP contribution in [0.4, 0.5) is 0 Å². The van der Waals surface area contributed by atoms with Gasteiger partial charge >= 0.3 is 0 Å². The number of nitrogens with two attached hydrogens (primary N) is 1. The third-order valence-electron chi connectivity index (χ3n) is 2.52. The van der Waals surface area contributed by atoms with Crippen LogP contribution >= 0.6 is 15.9 Å². The number of hydrogen-bond donors (Lipinski definition) is 1. The second-order valence-corrected chi connectivity index (χ2v) is 4.52. The van der Waals surface area contributed by atoms with E-state index in [4.69, 9.17) is 10.2 Å². The van der Waals surface area contributed by atoms with Gasteiger partial charge in [-0.05, 0) is 34.5 Å². The van der Waals surface area contributed by atoms with E-state index in [9.17, 15) is 4.79 Å². The highest BCUT2D eigenvalue weighted by molar-refractivity contribution is 9.10. The van der Waals surface area contributed by atoms with Crippen LogP contribution in [-0.4, -0.2) is 24.4 Å². The Balaban J connectivity index is 2.57. The molecule has 90 valence electrons. The van der Waals surface area contributed by atoms with Crippen LogP contribution in [-0.2, 0) is 11.3 Å². The van der Waals surface area contributed by atoms with Crippen LogP contribution in [0.5, 0.6) is 0 Å². The highest BCUT2D eigenvalue weighted by Gasteiger charge is 2.19. The van der Waals surface area contributed by atoms with Gasteiger partial charge in [0.15, 0.2) is 4.67 Å². The van der Waals surface area contributed by atoms with E-state index in [1.165, 1.54) is 0 Å². The minimum atomic E-state index is -0.0941. The first-order valence-electron chi connectivity index (χ1n) is 5.27. The molecular weight excluding hydrogens is 272 g/mol. The van der Waals surface area contributed by atoms with Crippen molar-refractivity contribution in [3.63, 3.8) is 0 Å². The van der Waals surface area contributed by atoms with E-state index in [2.05, 4.69) is 15.9 Å². The summed E-state index contributed by atoms with van der Waals surface area (Å²) in [4.78, 5) is 13.6. The highest BCUT2D eigenvalue weighted by atomic mass is 79.9. The van der Waals surface area contributed by atoms with Crippen molar-refractivity contribution >= 4 is 21.8 Å². The SMILES string of the molecule is CCC(CN)C(=O)N(C)Cc1ccc(Br)o1. The first kappa shape index (κ1) is 13.3. The first-order valence-corrected chi connectivity index (χ1v) is 6.07. The molecule has 1 heterocycles. The summed E-state index contributed by atoms with van der Waals surface area (Å²) < 4.78 is 6.02. The molecule has 1 aromatic heterocycles. The van der Waals surface area contributed by atoms with Crippen LogP contribution in [0.15, 0.2) is 21.2 Å². The number of carbonyl (C=O) groups is 1. The van der Waals surface area contributed by atoms with Crippen molar-refractivity contribution in [3.05, 3.63) is 22.6 Å². The van der Waals surface area contributed by atoms with Crippen LogP contribution < -0.4 is 5.73 Å². The lowest BCUT2D eigenvalue weighted by atomic mass is 10.1. The predicted octanol–water partition coefficient (Wildman–Crippen LogP) is 1.99. The molecule has 5 heteroatoms. The van der Waals surface area contributed by atoms with Gasteiger partial charge in [0, 0.05) is 13.6 Å². The van der Waals surface area contributed by atoms with Crippen molar-refractivity contribution in [2.45, 2.75) is 19.9 Å². The number of hydrogen-bond acceptors (Lipinski definition) is 3. The molecule has 1 unspecified atom stereocenters. The zero-order chi connectivity index (χ0) is 12.1. The molecule has 0 fully saturated rings. The van der Waals surface area contributed by atoms with Gasteiger partial charge in [0.2, 0.25) is 5.91 Å². The first-order chi connectivity index (χ1) is 7.58. The maximum absolute atomic E-state index is 11.9. The fourth-order valence-corrected chi connectivity index (χ4v) is 1.84. The summed E-state index contributed by atoms with van der Waals surface area (Å²) in [5.41, 5.74) is 5.54. The van der Waals surface area contributed by atoms with Crippen molar-refractivity contribution in [2.24, 2.45) is 11.7 Å². The van der Waals surface area contributed by atoms with E-state index in [0.29, 0.717) is 17.8 Å². The third kappa shape index (κ3) is 3.35. The van der Waals surface area contributed by atoms with E-state index in [-0.39, 0.29) is 11.8 Å². The predicted molar refractivity (Wildman–Crippen MR) is 65.7 cm³/mol. The summed E-state index contributed by atoms with van der Waals surface area (Å²) in [7, 11) is 1.76. The minimum Gasteiger partial charge on any atom is -0.452 e. The van der Waals surface area contributed by atoms with Crippen molar-refractivity contribution in [1.29, 1.82) is 0 Å². The maximum atomic E-state index is 11.9. The standard InChI is InChI=1S/C11H17BrN2O2/c1-3-8(6-13)11(15)14(2)7-9-4-5-10(12)16-9/h4-5,8H,3,6-7,13H2,1-2H3. The zero-order valence-electron chi connectivity index (χ0n) is 9.57. The Hall–Kier alpha value is -0.810. The Morgan fingerprint density at radius 3 is 2.75 bits per heavy atom. The molecule has 1 amide bonds. The van der Waals surface area contributed by atoms with Gasteiger partial charge in [-0.25, -0.2) is 0 Å². The number of nitrogens with zero attached hydrogens (tertiary/aromatic N) is 1. The number of furan rings is 1. The summed E-state index contributed by atoms with van der Waals surface area (Å²) >= 11 is 3.23. The van der Waals surface area contributed by atoms with Crippen LogP contribution in [0.3, 0.4) is 0 Å². The van der Waals surface area contributed by atoms with Crippen LogP contribution in [0.1, 0.15) is 19.1 Å². The molecule has 0 aliphatic rings. The molecule has 1 atom stereocenters. The lowest BCUT2D eigenvalue weighted by molar-refractivity contribution is -0.134. The second kappa shape index (κ2) is 6.06. The quantitative estimate of drug-likeness (QED) is 0.901. The van der Waals surface area contributed by atoms with E-state index in [1.807, 2.05) is 19.1 Å². The molecule has 0 spiro atoms. The molecule has 0 saturated heterocycles. The van der Waals surface area contributed by atoms with Gasteiger partial charge in [-0.15, -0.1) is 0 Å². The van der Waals surface area contributed by atoms with E-state index < -0.39 is 0 Å². The van der Waals surface area contributed by atoms with Gasteiger partial charge in [0.25, 0.3) is 0 Å². The van der Waals surface area contributed by atoms with Crippen LogP contribution in [0, 0.1) is 5.92 Å². The average Bonchev–Trinajstić information content (AvgIpc) is 2.65. The number of halogens is 1. The number of carbonyl (C=O) groups excluding carboxylic acids is 1. The molecule has 0 radical (unpaired) electrons. The van der Waals surface area contributed by atoms with Crippen LogP contribution in [0.2, 0.25) is 0 Å². The largest absolute Gasteiger partial charge is 0.452 e. The van der Waals surface area contributed by atoms with Gasteiger partial charge < -0.3 is 15.1 Å². The van der Waals surface area contributed by atoms with Crippen molar-refractivity contribution < 1.29 is 9.21 Å². The molecule has 0 bridgehead atoms. The topological polar surface area (TPSA) is 59.5 Å². The molecule has 0 saturated carbocycles. The molecule has 16 heavy (non-hydrogen) atoms. The van der Waals surface area contributed by atoms with Gasteiger partial charge in [-0.3, -0.25) is 4.79 Å². The Morgan fingerprint density at radius 2 is 2.31 bits per heavy atom. The smallest absolute Gasteiger partial charge is 0.227 e. The van der Waals surface area contributed by atoms with Crippen molar-refractivity contribution in [1.82, 2.24) is 4.90 Å². The number of amides is 1.